The third kappa shape index (κ3) is 23.4. The molecule has 0 saturated carbocycles. The minimum atomic E-state index is -1.18. The van der Waals surface area contributed by atoms with Gasteiger partial charge in [-0.3, -0.25) is 74.4 Å². The standard InChI is InChI=1S/C15H13FN4O3.C14H11FN4O2.C13H8FN5O.C13H9FN4O3.C11H14N2O5.C6H8FN3.ClH/c1-2-22-15(21)12-8-14(11-5-7-23-19-11)20(18-12)9-13-10(16)4-3-6-17-13;1-9(20)14-7-12(11-4-6-21-18-11)17-19(14)8-13-10(15)3-2-5-16-13;14-10-2-1-4-16-12(10)8-19-13(6-9(7-15)17-19)11-3-5-20-18-11;14-8-2-1-4-15-11(8)7-18-12(9-3-5-21-17-9)6-10(16-18)13(19)20;1-4-17-11(15)9(13(2)16-3)7-10(14)8-5-6-18-12-8;7-5-2-1-3-9-6(5)4-10-8;/h3-8H,2,9H2,1H3;2-7H,8H2,1H3;1-6H,8H2;1-6H,7H2,(H,19,20);5-7H,4H2,1-3H3;1-3,10H,4,8H2;1H/b;;;;9-7+;;. The number of hydrogen-bond acceptors (Lipinski definition) is 31. The van der Waals surface area contributed by atoms with E-state index in [1.807, 2.05) is 6.07 Å². The lowest BCUT2D eigenvalue weighted by atomic mass is 10.2. The fourth-order valence-electron chi connectivity index (χ4n) is 9.49. The highest BCUT2D eigenvalue weighted by Gasteiger charge is 2.24. The Bertz CT molecular complexity index is 5500. The predicted molar refractivity (Wildman–Crippen MR) is 385 cm³/mol. The number of esters is 2. The lowest BCUT2D eigenvalue weighted by Gasteiger charge is -2.17. The maximum atomic E-state index is 13.8. The number of carboxylic acids is 1. The van der Waals surface area contributed by atoms with Crippen molar-refractivity contribution in [2.45, 2.75) is 53.5 Å². The summed E-state index contributed by atoms with van der Waals surface area (Å²) < 4.78 is 106. The van der Waals surface area contributed by atoms with Crippen molar-refractivity contribution in [3.63, 3.8) is 0 Å². The number of likely N-dealkylation sites (N-methyl/N-ethyl adjacent to an activating group) is 1. The van der Waals surface area contributed by atoms with Crippen molar-refractivity contribution in [2.24, 2.45) is 5.84 Å². The van der Waals surface area contributed by atoms with Gasteiger partial charge in [0.25, 0.3) is 0 Å². The van der Waals surface area contributed by atoms with Crippen molar-refractivity contribution >= 4 is 41.9 Å². The number of aromatic carboxylic acids is 1. The maximum absolute atomic E-state index is 13.8. The van der Waals surface area contributed by atoms with Gasteiger partial charge in [-0.1, -0.05) is 25.8 Å². The van der Waals surface area contributed by atoms with E-state index < -0.39 is 47.0 Å². The number of pyridine rings is 5. The molecule has 0 aliphatic carbocycles. The van der Waals surface area contributed by atoms with Crippen molar-refractivity contribution in [1.82, 2.24) is 100 Å². The Labute approximate surface area is 646 Å². The van der Waals surface area contributed by atoms with E-state index in [1.54, 1.807) is 50.2 Å². The number of nitriles is 1. The van der Waals surface area contributed by atoms with Crippen LogP contribution >= 0.6 is 12.4 Å². The van der Waals surface area contributed by atoms with Crippen molar-refractivity contribution in [3.05, 3.63) is 275 Å². The van der Waals surface area contributed by atoms with E-state index in [0.717, 1.165) is 11.1 Å². The highest BCUT2D eigenvalue weighted by Crippen LogP contribution is 2.25. The van der Waals surface area contributed by atoms with Crippen LogP contribution in [-0.2, 0) is 51.8 Å². The first-order valence-electron chi connectivity index (χ1n) is 33.0. The number of halogens is 6. The van der Waals surface area contributed by atoms with Gasteiger partial charge in [0, 0.05) is 99.6 Å². The smallest absolute Gasteiger partial charge is 0.358 e. The molecular weight excluding hydrogens is 1530 g/mol. The summed E-state index contributed by atoms with van der Waals surface area (Å²) in [5, 5.41) is 54.2. The molecule has 0 bridgehead atoms. The van der Waals surface area contributed by atoms with E-state index in [4.69, 9.17) is 48.6 Å². The number of nitrogens with two attached hydrogens (primary N) is 1. The van der Waals surface area contributed by atoms with E-state index in [9.17, 15) is 45.9 Å². The number of nitrogens with one attached hydrogen (secondary N) is 1. The van der Waals surface area contributed by atoms with E-state index in [1.165, 1.54) is 181 Å². The van der Waals surface area contributed by atoms with Crippen LogP contribution in [0.25, 0.3) is 45.6 Å². The summed E-state index contributed by atoms with van der Waals surface area (Å²) in [6, 6.07) is 30.0. The second-order valence-electron chi connectivity index (χ2n) is 22.2. The Kier molecular flexibility index (Phi) is 31.5. The summed E-state index contributed by atoms with van der Waals surface area (Å²) >= 11 is 0. The zero-order valence-corrected chi connectivity index (χ0v) is 61.2. The van der Waals surface area contributed by atoms with Crippen LogP contribution in [0.2, 0.25) is 0 Å². The minimum absolute atomic E-state index is 0. The average molecular weight is 1590 g/mol. The maximum Gasteiger partial charge on any atom is 0.358 e. The lowest BCUT2D eigenvalue weighted by molar-refractivity contribution is -0.149. The molecule has 4 N–H and O–H groups in total. The minimum Gasteiger partial charge on any atom is -0.476 e. The molecule has 14 rings (SSSR count). The fourth-order valence-corrected chi connectivity index (χ4v) is 9.49. The number of ether oxygens (including phenoxy) is 2. The summed E-state index contributed by atoms with van der Waals surface area (Å²) in [4.78, 5) is 82.5. The monoisotopic (exact) mass is 1590 g/mol. The molecule has 14 aromatic heterocycles. The molecule has 114 heavy (non-hydrogen) atoms. The molecule has 0 aliphatic rings. The number of hydrazine groups is 1. The van der Waals surface area contributed by atoms with E-state index >= 15 is 0 Å². The van der Waals surface area contributed by atoms with Crippen LogP contribution in [0, 0.1) is 40.4 Å². The number of carbonyl (C=O) groups excluding carboxylic acids is 4. The second kappa shape index (κ2) is 42.3. The van der Waals surface area contributed by atoms with Crippen molar-refractivity contribution in [2.75, 3.05) is 27.4 Å². The number of rotatable bonds is 24. The Morgan fingerprint density at radius 2 is 0.930 bits per heavy atom. The van der Waals surface area contributed by atoms with E-state index in [0.29, 0.717) is 56.9 Å². The van der Waals surface area contributed by atoms with Gasteiger partial charge in [-0.25, -0.2) is 36.3 Å². The summed E-state index contributed by atoms with van der Waals surface area (Å²) in [7, 11) is 2.85. The Morgan fingerprint density at radius 3 is 1.32 bits per heavy atom. The van der Waals surface area contributed by atoms with E-state index in [-0.39, 0.29) is 121 Å². The topological polar surface area (TPSA) is 464 Å². The number of aromatic nitrogens is 18. The van der Waals surface area contributed by atoms with Crippen LogP contribution in [0.4, 0.5) is 22.0 Å². The number of Topliss-reactive ketones (excluding diaryl/α,β-unsaturated/α-hetero) is 1. The largest absolute Gasteiger partial charge is 0.476 e. The molecule has 0 aliphatic heterocycles. The third-order valence-corrected chi connectivity index (χ3v) is 14.8. The molecule has 42 heteroatoms. The van der Waals surface area contributed by atoms with Gasteiger partial charge in [-0.2, -0.15) is 25.7 Å². The summed E-state index contributed by atoms with van der Waals surface area (Å²) in [5.74, 6) is -0.206. The zero-order valence-electron chi connectivity index (χ0n) is 60.3. The van der Waals surface area contributed by atoms with E-state index in [2.05, 4.69) is 81.0 Å². The first-order chi connectivity index (χ1) is 54.7. The predicted octanol–water partition coefficient (Wildman–Crippen LogP) is 9.83. The molecule has 0 amide bonds. The Morgan fingerprint density at radius 1 is 0.526 bits per heavy atom. The molecule has 0 aromatic carbocycles. The molecule has 0 radical (unpaired) electrons. The number of hydrogen-bond donors (Lipinski definition) is 3. The molecule has 14 heterocycles. The lowest BCUT2D eigenvalue weighted by Crippen LogP contribution is -2.25. The fraction of sp³-hybridized carbons (Fsp3) is 0.167. The van der Waals surface area contributed by atoms with Gasteiger partial charge in [-0.05, 0) is 80.6 Å². The molecule has 36 nitrogen and oxygen atoms in total. The molecule has 0 spiro atoms. The Balaban J connectivity index is 0.000000173. The van der Waals surface area contributed by atoms with Gasteiger partial charge >= 0.3 is 17.9 Å². The molecule has 0 atom stereocenters. The quantitative estimate of drug-likeness (QED) is 0.0126. The van der Waals surface area contributed by atoms with Crippen LogP contribution in [0.1, 0.15) is 96.9 Å². The molecule has 0 fully saturated rings. The molecule has 588 valence electrons. The number of hydroxylamine groups is 2. The van der Waals surface area contributed by atoms with Crippen molar-refractivity contribution < 1.29 is 88.0 Å². The number of ketones is 2. The van der Waals surface area contributed by atoms with Gasteiger partial charge < -0.3 is 37.2 Å². The second-order valence-corrected chi connectivity index (χ2v) is 22.2. The summed E-state index contributed by atoms with van der Waals surface area (Å²) in [6.45, 7) is 5.71. The summed E-state index contributed by atoms with van der Waals surface area (Å²) in [6.07, 6.45) is 15.4. The van der Waals surface area contributed by atoms with Crippen LogP contribution < -0.4 is 11.3 Å². The first kappa shape index (κ1) is 84.9. The van der Waals surface area contributed by atoms with Gasteiger partial charge in [0.2, 0.25) is 5.78 Å². The number of carbonyl (C=O) groups is 5. The Hall–Kier alpha value is -14.8. The highest BCUT2D eigenvalue weighted by molar-refractivity contribution is 6.07. The SMILES string of the molecule is CC(=O)c1cc(-c2ccon2)nn1Cc1ncccc1F.CCOC(=O)/C(=C\C(=O)c1ccon1)N(C)OC.CCOC(=O)c1cc(-c2ccon2)n(Cc2ncccc2F)n1.Cl.N#Cc1cc(-c2ccon2)n(Cc2ncccc2F)n1.NNCc1ncccc1F.O=C(O)c1cc(-c2ccon2)n(Cc2ncccc2F)n1. The van der Waals surface area contributed by atoms with Crippen LogP contribution in [0.15, 0.2) is 212 Å². The van der Waals surface area contributed by atoms with Crippen LogP contribution in [0.5, 0.6) is 0 Å². The normalized spacial score (nSPS) is 10.6. The molecule has 0 saturated heterocycles. The van der Waals surface area contributed by atoms with Gasteiger partial charge in [0.15, 0.2) is 34.3 Å². The van der Waals surface area contributed by atoms with Crippen molar-refractivity contribution in [1.29, 1.82) is 5.26 Å². The van der Waals surface area contributed by atoms with Crippen LogP contribution in [-0.4, -0.2) is 157 Å². The molecular formula is C72H64ClF5N22O14. The zero-order chi connectivity index (χ0) is 80.8. The van der Waals surface area contributed by atoms with Gasteiger partial charge in [0.05, 0.1) is 98.6 Å². The highest BCUT2D eigenvalue weighted by atomic mass is 35.5. The molecule has 14 aromatic rings. The van der Waals surface area contributed by atoms with Gasteiger partial charge in [0.1, 0.15) is 101 Å². The molecule has 0 unspecified atom stereocenters. The summed E-state index contributed by atoms with van der Waals surface area (Å²) in [5.41, 5.74) is 7.98. The van der Waals surface area contributed by atoms with Gasteiger partial charge in [-0.15, -0.1) is 12.4 Å². The first-order valence-corrected chi connectivity index (χ1v) is 33.0. The number of nitrogens with zero attached hydrogens (tertiary/aromatic N) is 20. The average Bonchev–Trinajstić information content (AvgIpc) is 1.68. The van der Waals surface area contributed by atoms with Crippen molar-refractivity contribution in [3.8, 4) is 51.6 Å². The third-order valence-electron chi connectivity index (χ3n) is 14.8. The van der Waals surface area contributed by atoms with Crippen LogP contribution in [0.3, 0.4) is 0 Å². The number of allylic oxidation sites excluding steroid dienone is 1. The number of carboxylic acid groups (broad SMARTS) is 1.